The molecule has 0 amide bonds. The van der Waals surface area contributed by atoms with E-state index in [4.69, 9.17) is 9.47 Å². The quantitative estimate of drug-likeness (QED) is 0.566. The Morgan fingerprint density at radius 2 is 1.90 bits per heavy atom. The number of esters is 2. The molecule has 2 atom stereocenters. The van der Waals surface area contributed by atoms with Crippen LogP contribution in [-0.4, -0.2) is 24.6 Å². The molecule has 0 heterocycles. The Bertz CT molecular complexity index is 479. The van der Waals surface area contributed by atoms with Crippen LogP contribution in [0.1, 0.15) is 18.4 Å². The molecule has 0 aromatic heterocycles. The predicted octanol–water partition coefficient (Wildman–Crippen LogP) is 2.62. The van der Waals surface area contributed by atoms with E-state index in [-0.39, 0.29) is 6.61 Å². The summed E-state index contributed by atoms with van der Waals surface area (Å²) in [5, 5.41) is 0. The lowest BCUT2D eigenvalue weighted by Gasteiger charge is -2.23. The van der Waals surface area contributed by atoms with Crippen LogP contribution in [0.5, 0.6) is 0 Å². The fraction of sp³-hybridized carbons (Fsp3) is 0.250. The summed E-state index contributed by atoms with van der Waals surface area (Å²) < 4.78 is 10.2. The summed E-state index contributed by atoms with van der Waals surface area (Å²) >= 11 is 0. The molecule has 1 aromatic carbocycles. The van der Waals surface area contributed by atoms with Gasteiger partial charge in [0.2, 0.25) is 0 Å². The van der Waals surface area contributed by atoms with Gasteiger partial charge in [0.15, 0.2) is 0 Å². The zero-order valence-corrected chi connectivity index (χ0v) is 11.5. The third kappa shape index (κ3) is 4.39. The summed E-state index contributed by atoms with van der Waals surface area (Å²) in [6.45, 7) is 8.50. The molecule has 106 valence electrons. The highest BCUT2D eigenvalue weighted by molar-refractivity contribution is 5.80. The molecule has 0 unspecified atom stereocenters. The molecule has 0 fully saturated rings. The minimum Gasteiger partial charge on any atom is -0.461 e. The number of benzene rings is 1. The largest absolute Gasteiger partial charge is 0.461 e. The third-order valence-electron chi connectivity index (χ3n) is 2.62. The normalized spacial score (nSPS) is 12.8. The fourth-order valence-corrected chi connectivity index (χ4v) is 1.79. The van der Waals surface area contributed by atoms with E-state index in [0.717, 1.165) is 0 Å². The van der Waals surface area contributed by atoms with Crippen LogP contribution < -0.4 is 0 Å². The Kier molecular flexibility index (Phi) is 6.23. The van der Waals surface area contributed by atoms with Gasteiger partial charge < -0.3 is 9.47 Å². The Balaban J connectivity index is 3.05. The number of rotatable bonds is 7. The molecule has 1 rings (SSSR count). The van der Waals surface area contributed by atoms with E-state index < -0.39 is 24.0 Å². The molecule has 20 heavy (non-hydrogen) atoms. The van der Waals surface area contributed by atoms with Crippen LogP contribution in [0.25, 0.3) is 0 Å². The number of hydrogen-bond donors (Lipinski definition) is 0. The van der Waals surface area contributed by atoms with Gasteiger partial charge in [-0.1, -0.05) is 55.6 Å². The van der Waals surface area contributed by atoms with E-state index in [0.29, 0.717) is 5.56 Å². The van der Waals surface area contributed by atoms with E-state index in [1.165, 1.54) is 19.1 Å². The van der Waals surface area contributed by atoms with Crippen molar-refractivity contribution in [3.05, 3.63) is 61.2 Å². The summed E-state index contributed by atoms with van der Waals surface area (Å²) in [4.78, 5) is 23.3. The van der Waals surface area contributed by atoms with E-state index in [1.54, 1.807) is 24.3 Å². The molecule has 0 saturated heterocycles. The first-order valence-corrected chi connectivity index (χ1v) is 6.22. The van der Waals surface area contributed by atoms with Crippen molar-refractivity contribution in [1.29, 1.82) is 0 Å². The monoisotopic (exact) mass is 274 g/mol. The van der Waals surface area contributed by atoms with Crippen LogP contribution in [0.2, 0.25) is 0 Å². The average molecular weight is 274 g/mol. The standard InChI is InChI=1S/C16H18O4/c1-4-11-19-16(18)15(13-9-7-6-8-10-13)14(5-2)20-12(3)17/h4-10,14-15H,1-2,11H2,3H3/t14-,15-/m1/s1. The first-order chi connectivity index (χ1) is 9.60. The topological polar surface area (TPSA) is 52.6 Å². The van der Waals surface area contributed by atoms with Gasteiger partial charge in [-0.3, -0.25) is 9.59 Å². The van der Waals surface area contributed by atoms with Crippen LogP contribution in [0.3, 0.4) is 0 Å². The van der Waals surface area contributed by atoms with Crippen LogP contribution >= 0.6 is 0 Å². The molecular formula is C16H18O4. The van der Waals surface area contributed by atoms with Gasteiger partial charge in [-0.25, -0.2) is 0 Å². The minimum absolute atomic E-state index is 0.103. The Labute approximate surface area is 118 Å². The first-order valence-electron chi connectivity index (χ1n) is 6.22. The second-order valence-corrected chi connectivity index (χ2v) is 4.12. The van der Waals surface area contributed by atoms with Crippen molar-refractivity contribution >= 4 is 11.9 Å². The van der Waals surface area contributed by atoms with E-state index in [9.17, 15) is 9.59 Å². The summed E-state index contributed by atoms with van der Waals surface area (Å²) in [5.41, 5.74) is 0.702. The van der Waals surface area contributed by atoms with Crippen LogP contribution in [0.15, 0.2) is 55.6 Å². The Morgan fingerprint density at radius 1 is 1.25 bits per heavy atom. The lowest BCUT2D eigenvalue weighted by atomic mass is 9.93. The summed E-state index contributed by atoms with van der Waals surface area (Å²) in [6, 6.07) is 9.00. The van der Waals surface area contributed by atoms with Crippen molar-refractivity contribution in [2.75, 3.05) is 6.61 Å². The van der Waals surface area contributed by atoms with Gasteiger partial charge in [0.25, 0.3) is 0 Å². The molecular weight excluding hydrogens is 256 g/mol. The maximum atomic E-state index is 12.2. The molecule has 0 bridgehead atoms. The first kappa shape index (κ1) is 15.7. The molecule has 4 heteroatoms. The van der Waals surface area contributed by atoms with Gasteiger partial charge in [0, 0.05) is 6.92 Å². The molecule has 4 nitrogen and oxygen atoms in total. The molecule has 0 spiro atoms. The highest BCUT2D eigenvalue weighted by atomic mass is 16.6. The maximum absolute atomic E-state index is 12.2. The molecule has 0 aliphatic carbocycles. The van der Waals surface area contributed by atoms with E-state index >= 15 is 0 Å². The zero-order chi connectivity index (χ0) is 15.0. The van der Waals surface area contributed by atoms with Crippen LogP contribution in [-0.2, 0) is 19.1 Å². The van der Waals surface area contributed by atoms with Crippen LogP contribution in [0.4, 0.5) is 0 Å². The Hall–Kier alpha value is -2.36. The zero-order valence-electron chi connectivity index (χ0n) is 11.5. The van der Waals surface area contributed by atoms with E-state index in [2.05, 4.69) is 13.2 Å². The van der Waals surface area contributed by atoms with E-state index in [1.807, 2.05) is 6.07 Å². The van der Waals surface area contributed by atoms with Crippen molar-refractivity contribution in [2.45, 2.75) is 18.9 Å². The molecule has 0 aliphatic rings. The number of carbonyl (C=O) groups excluding carboxylic acids is 2. The van der Waals surface area contributed by atoms with Crippen molar-refractivity contribution in [2.24, 2.45) is 0 Å². The summed E-state index contributed by atoms with van der Waals surface area (Å²) in [5.74, 6) is -1.70. The molecule has 0 aliphatic heterocycles. The number of carbonyl (C=O) groups is 2. The summed E-state index contributed by atoms with van der Waals surface area (Å²) in [6.07, 6.45) is 2.13. The van der Waals surface area contributed by atoms with Crippen molar-refractivity contribution in [1.82, 2.24) is 0 Å². The second kappa shape index (κ2) is 7.94. The predicted molar refractivity (Wildman–Crippen MR) is 76.1 cm³/mol. The lowest BCUT2D eigenvalue weighted by Crippen LogP contribution is -2.30. The number of ether oxygens (including phenoxy) is 2. The third-order valence-corrected chi connectivity index (χ3v) is 2.62. The van der Waals surface area contributed by atoms with Gasteiger partial charge in [0.05, 0.1) is 0 Å². The lowest BCUT2D eigenvalue weighted by molar-refractivity contribution is -0.153. The fourth-order valence-electron chi connectivity index (χ4n) is 1.79. The average Bonchev–Trinajstić information content (AvgIpc) is 2.45. The Morgan fingerprint density at radius 3 is 2.40 bits per heavy atom. The van der Waals surface area contributed by atoms with Gasteiger partial charge in [-0.05, 0) is 5.56 Å². The highest BCUT2D eigenvalue weighted by Crippen LogP contribution is 2.24. The van der Waals surface area contributed by atoms with Crippen LogP contribution in [0, 0.1) is 0 Å². The van der Waals surface area contributed by atoms with Gasteiger partial charge in [-0.2, -0.15) is 0 Å². The molecule has 0 saturated carbocycles. The highest BCUT2D eigenvalue weighted by Gasteiger charge is 2.31. The summed E-state index contributed by atoms with van der Waals surface area (Å²) in [7, 11) is 0. The minimum atomic E-state index is -0.771. The second-order valence-electron chi connectivity index (χ2n) is 4.12. The van der Waals surface area contributed by atoms with Gasteiger partial charge in [0.1, 0.15) is 18.6 Å². The maximum Gasteiger partial charge on any atom is 0.317 e. The SMILES string of the molecule is C=CCOC(=O)[C@H](c1ccccc1)[C@@H](C=C)OC(C)=O. The number of hydrogen-bond acceptors (Lipinski definition) is 4. The van der Waals surface area contributed by atoms with Crippen molar-refractivity contribution in [3.8, 4) is 0 Å². The van der Waals surface area contributed by atoms with Crippen molar-refractivity contribution < 1.29 is 19.1 Å². The molecule has 1 aromatic rings. The molecule has 0 N–H and O–H groups in total. The smallest absolute Gasteiger partial charge is 0.317 e. The molecule has 0 radical (unpaired) electrons. The van der Waals surface area contributed by atoms with Gasteiger partial charge >= 0.3 is 11.9 Å². The van der Waals surface area contributed by atoms with Crippen molar-refractivity contribution in [3.63, 3.8) is 0 Å². The van der Waals surface area contributed by atoms with Gasteiger partial charge in [-0.15, -0.1) is 0 Å².